The maximum Gasteiger partial charge on any atom is 0.328 e. The third-order valence-corrected chi connectivity index (χ3v) is 2.14. The number of aliphatic hydroxyl groups is 1. The fraction of sp³-hybridized carbons (Fsp3) is 0.273. The van der Waals surface area contributed by atoms with Gasteiger partial charge in [-0.1, -0.05) is 0 Å². The van der Waals surface area contributed by atoms with Crippen LogP contribution in [0.5, 0.6) is 0 Å². The Morgan fingerprint density at radius 2 is 1.82 bits per heavy atom. The Morgan fingerprint density at radius 1 is 1.29 bits per heavy atom. The van der Waals surface area contributed by atoms with E-state index in [2.05, 4.69) is 5.32 Å². The molecule has 6 heteroatoms. The minimum absolute atomic E-state index is 0.123. The van der Waals surface area contributed by atoms with Crippen LogP contribution in [0.15, 0.2) is 24.3 Å². The number of nitrogens with one attached hydrogen (secondary N) is 1. The van der Waals surface area contributed by atoms with Crippen LogP contribution in [0.2, 0.25) is 0 Å². The SMILES string of the molecule is CC(O)C(NC(=O)c1ccc(F)cc1)C(=O)O. The highest BCUT2D eigenvalue weighted by Crippen LogP contribution is 2.04. The zero-order chi connectivity index (χ0) is 13.0. The topological polar surface area (TPSA) is 86.6 Å². The van der Waals surface area contributed by atoms with Gasteiger partial charge in [-0.2, -0.15) is 0 Å². The average Bonchev–Trinajstić information content (AvgIpc) is 2.25. The van der Waals surface area contributed by atoms with E-state index in [0.29, 0.717) is 0 Å². The van der Waals surface area contributed by atoms with Gasteiger partial charge in [0.1, 0.15) is 5.82 Å². The molecule has 5 nitrogen and oxygen atoms in total. The van der Waals surface area contributed by atoms with Gasteiger partial charge in [-0.3, -0.25) is 4.79 Å². The second-order valence-electron chi connectivity index (χ2n) is 3.54. The van der Waals surface area contributed by atoms with Crippen LogP contribution in [0, 0.1) is 5.82 Å². The first-order chi connectivity index (χ1) is 7.91. The van der Waals surface area contributed by atoms with Crippen molar-refractivity contribution >= 4 is 11.9 Å². The molecule has 0 saturated heterocycles. The van der Waals surface area contributed by atoms with Gasteiger partial charge >= 0.3 is 5.97 Å². The van der Waals surface area contributed by atoms with Crippen LogP contribution in [0.25, 0.3) is 0 Å². The van der Waals surface area contributed by atoms with Crippen LogP contribution < -0.4 is 5.32 Å². The van der Waals surface area contributed by atoms with E-state index in [0.717, 1.165) is 12.1 Å². The molecule has 17 heavy (non-hydrogen) atoms. The summed E-state index contributed by atoms with van der Waals surface area (Å²) in [5, 5.41) is 20.1. The normalized spacial score (nSPS) is 13.8. The molecule has 0 aliphatic rings. The number of carbonyl (C=O) groups excluding carboxylic acids is 1. The second-order valence-corrected chi connectivity index (χ2v) is 3.54. The predicted octanol–water partition coefficient (Wildman–Crippen LogP) is 0.389. The third-order valence-electron chi connectivity index (χ3n) is 2.14. The smallest absolute Gasteiger partial charge is 0.328 e. The number of aliphatic carboxylic acids is 1. The summed E-state index contributed by atoms with van der Waals surface area (Å²) in [5.41, 5.74) is 0.123. The number of amides is 1. The summed E-state index contributed by atoms with van der Waals surface area (Å²) in [5.74, 6) is -2.51. The molecule has 0 bridgehead atoms. The fourth-order valence-electron chi connectivity index (χ4n) is 1.21. The molecule has 0 fully saturated rings. The van der Waals surface area contributed by atoms with E-state index >= 15 is 0 Å². The van der Waals surface area contributed by atoms with Gasteiger partial charge in [0.05, 0.1) is 6.10 Å². The first-order valence-electron chi connectivity index (χ1n) is 4.89. The van der Waals surface area contributed by atoms with E-state index in [1.807, 2.05) is 0 Å². The van der Waals surface area contributed by atoms with Gasteiger partial charge < -0.3 is 15.5 Å². The van der Waals surface area contributed by atoms with E-state index in [4.69, 9.17) is 10.2 Å². The first kappa shape index (κ1) is 13.1. The standard InChI is InChI=1S/C11H12FNO4/c1-6(14)9(11(16)17)13-10(15)7-2-4-8(12)5-3-7/h2-6,9,14H,1H3,(H,13,15)(H,16,17). The Kier molecular flexibility index (Phi) is 4.17. The lowest BCUT2D eigenvalue weighted by atomic mass is 10.1. The van der Waals surface area contributed by atoms with Crippen molar-refractivity contribution < 1.29 is 24.2 Å². The Hall–Kier alpha value is -1.95. The molecule has 0 saturated carbocycles. The molecule has 1 aromatic rings. The zero-order valence-corrected chi connectivity index (χ0v) is 9.05. The van der Waals surface area contributed by atoms with E-state index < -0.39 is 29.8 Å². The summed E-state index contributed by atoms with van der Waals surface area (Å²) in [6.07, 6.45) is -1.23. The summed E-state index contributed by atoms with van der Waals surface area (Å²) in [6, 6.07) is 3.24. The molecule has 3 N–H and O–H groups in total. The summed E-state index contributed by atoms with van der Waals surface area (Å²) >= 11 is 0. The number of hydrogen-bond donors (Lipinski definition) is 3. The van der Waals surface area contributed by atoms with Gasteiger partial charge in [0, 0.05) is 5.56 Å². The van der Waals surface area contributed by atoms with Crippen LogP contribution in [-0.2, 0) is 4.79 Å². The van der Waals surface area contributed by atoms with Gasteiger partial charge in [-0.15, -0.1) is 0 Å². The lowest BCUT2D eigenvalue weighted by Gasteiger charge is -2.16. The monoisotopic (exact) mass is 241 g/mol. The molecule has 0 aromatic heterocycles. The number of benzene rings is 1. The maximum atomic E-state index is 12.6. The van der Waals surface area contributed by atoms with Gasteiger partial charge in [0.2, 0.25) is 0 Å². The first-order valence-corrected chi connectivity index (χ1v) is 4.89. The molecule has 2 atom stereocenters. The Morgan fingerprint density at radius 3 is 2.24 bits per heavy atom. The number of carbonyl (C=O) groups is 2. The van der Waals surface area contributed by atoms with Gasteiger partial charge in [0.15, 0.2) is 6.04 Å². The van der Waals surface area contributed by atoms with Gasteiger partial charge in [-0.25, -0.2) is 9.18 Å². The lowest BCUT2D eigenvalue weighted by molar-refractivity contribution is -0.141. The predicted molar refractivity (Wildman–Crippen MR) is 57.0 cm³/mol. The lowest BCUT2D eigenvalue weighted by Crippen LogP contribution is -2.47. The largest absolute Gasteiger partial charge is 0.480 e. The van der Waals surface area contributed by atoms with Crippen molar-refractivity contribution in [1.29, 1.82) is 0 Å². The van der Waals surface area contributed by atoms with Crippen molar-refractivity contribution in [3.8, 4) is 0 Å². The van der Waals surface area contributed by atoms with E-state index in [1.54, 1.807) is 0 Å². The van der Waals surface area contributed by atoms with Crippen molar-refractivity contribution in [2.24, 2.45) is 0 Å². The number of hydrogen-bond acceptors (Lipinski definition) is 3. The van der Waals surface area contributed by atoms with Gasteiger partial charge in [-0.05, 0) is 31.2 Å². The van der Waals surface area contributed by atoms with Crippen LogP contribution >= 0.6 is 0 Å². The quantitative estimate of drug-likeness (QED) is 0.711. The minimum Gasteiger partial charge on any atom is -0.480 e. The van der Waals surface area contributed by atoms with Gasteiger partial charge in [0.25, 0.3) is 5.91 Å². The molecule has 92 valence electrons. The summed E-state index contributed by atoms with van der Waals surface area (Å²) in [7, 11) is 0. The second kappa shape index (κ2) is 5.40. The number of halogens is 1. The molecular weight excluding hydrogens is 229 g/mol. The number of carboxylic acid groups (broad SMARTS) is 1. The van der Waals surface area contributed by atoms with Crippen LogP contribution in [0.4, 0.5) is 4.39 Å². The van der Waals surface area contributed by atoms with Crippen molar-refractivity contribution in [3.05, 3.63) is 35.6 Å². The molecule has 1 rings (SSSR count). The fourth-order valence-corrected chi connectivity index (χ4v) is 1.21. The van der Waals surface area contributed by atoms with Crippen molar-refractivity contribution in [1.82, 2.24) is 5.32 Å². The van der Waals surface area contributed by atoms with E-state index in [1.165, 1.54) is 19.1 Å². The summed E-state index contributed by atoms with van der Waals surface area (Å²) in [6.45, 7) is 1.25. The van der Waals surface area contributed by atoms with Crippen LogP contribution in [0.1, 0.15) is 17.3 Å². The van der Waals surface area contributed by atoms with E-state index in [-0.39, 0.29) is 5.56 Å². The van der Waals surface area contributed by atoms with E-state index in [9.17, 15) is 14.0 Å². The molecule has 0 radical (unpaired) electrons. The van der Waals surface area contributed by atoms with Crippen molar-refractivity contribution in [2.45, 2.75) is 19.1 Å². The zero-order valence-electron chi connectivity index (χ0n) is 9.05. The summed E-state index contributed by atoms with van der Waals surface area (Å²) < 4.78 is 12.6. The third kappa shape index (κ3) is 3.53. The molecule has 0 aliphatic carbocycles. The Bertz CT molecular complexity index is 416. The van der Waals surface area contributed by atoms with Crippen molar-refractivity contribution in [2.75, 3.05) is 0 Å². The van der Waals surface area contributed by atoms with Crippen LogP contribution in [-0.4, -0.2) is 34.2 Å². The Labute approximate surface area is 96.9 Å². The van der Waals surface area contributed by atoms with Crippen molar-refractivity contribution in [3.63, 3.8) is 0 Å². The van der Waals surface area contributed by atoms with Crippen LogP contribution in [0.3, 0.4) is 0 Å². The molecular formula is C11H12FNO4. The average molecular weight is 241 g/mol. The summed E-state index contributed by atoms with van der Waals surface area (Å²) in [4.78, 5) is 22.3. The number of rotatable bonds is 4. The highest BCUT2D eigenvalue weighted by molar-refractivity contribution is 5.96. The minimum atomic E-state index is -1.40. The molecule has 0 heterocycles. The molecule has 2 unspecified atom stereocenters. The molecule has 0 aliphatic heterocycles. The molecule has 0 spiro atoms. The highest BCUT2D eigenvalue weighted by Gasteiger charge is 2.25. The maximum absolute atomic E-state index is 12.6. The number of carboxylic acids is 1. The number of aliphatic hydroxyl groups excluding tert-OH is 1. The Balaban J connectivity index is 2.77. The highest BCUT2D eigenvalue weighted by atomic mass is 19.1. The molecule has 1 aromatic carbocycles. The molecule has 1 amide bonds.